The number of aromatic nitrogens is 1. The summed E-state index contributed by atoms with van der Waals surface area (Å²) >= 11 is 0. The van der Waals surface area contributed by atoms with E-state index in [2.05, 4.69) is 10.5 Å². The highest BCUT2D eigenvalue weighted by molar-refractivity contribution is 5.86. The van der Waals surface area contributed by atoms with Crippen molar-refractivity contribution in [1.29, 1.82) is 0 Å². The number of hydrogen-bond acceptors (Lipinski definition) is 3. The lowest BCUT2D eigenvalue weighted by molar-refractivity contribution is 0.160. The Morgan fingerprint density at radius 2 is 2.36 bits per heavy atom. The molecule has 0 fully saturated rings. The van der Waals surface area contributed by atoms with Crippen molar-refractivity contribution in [3.63, 3.8) is 0 Å². The van der Waals surface area contributed by atoms with E-state index in [0.717, 1.165) is 22.3 Å². The summed E-state index contributed by atoms with van der Waals surface area (Å²) in [7, 11) is 1.64. The zero-order valence-electron chi connectivity index (χ0n) is 7.87. The summed E-state index contributed by atoms with van der Waals surface area (Å²) < 4.78 is 5.22. The van der Waals surface area contributed by atoms with Crippen LogP contribution in [0.1, 0.15) is 5.69 Å². The predicted octanol–water partition coefficient (Wildman–Crippen LogP) is 1.66. The molecule has 0 spiro atoms. The monoisotopic (exact) mass is 192 g/mol. The number of ether oxygens (including phenoxy) is 1. The number of nitrogens with one attached hydrogen (secondary N) is 2. The molecule has 0 amide bonds. The Balaban J connectivity index is 2.52. The fourth-order valence-electron chi connectivity index (χ4n) is 1.54. The van der Waals surface area contributed by atoms with Crippen LogP contribution in [0.15, 0.2) is 24.3 Å². The average Bonchev–Trinajstić information content (AvgIpc) is 2.60. The van der Waals surface area contributed by atoms with Crippen LogP contribution in [0.25, 0.3) is 10.9 Å². The van der Waals surface area contributed by atoms with Crippen molar-refractivity contribution in [2.45, 2.75) is 6.54 Å². The van der Waals surface area contributed by atoms with E-state index in [1.165, 1.54) is 0 Å². The van der Waals surface area contributed by atoms with Crippen LogP contribution in [0.2, 0.25) is 0 Å². The number of aromatic amines is 1. The van der Waals surface area contributed by atoms with E-state index in [1.54, 1.807) is 7.11 Å². The molecule has 4 heteroatoms. The highest BCUT2D eigenvalue weighted by Crippen LogP contribution is 2.25. The number of methoxy groups -OCH3 is 1. The summed E-state index contributed by atoms with van der Waals surface area (Å²) in [5, 5.41) is 9.60. The van der Waals surface area contributed by atoms with Crippen molar-refractivity contribution in [2.24, 2.45) is 0 Å². The predicted molar refractivity (Wildman–Crippen MR) is 53.5 cm³/mol. The topological polar surface area (TPSA) is 57.3 Å². The Bertz CT molecular complexity index is 437. The lowest BCUT2D eigenvalue weighted by Crippen LogP contribution is -2.05. The Hall–Kier alpha value is -1.52. The molecular weight excluding hydrogens is 180 g/mol. The first-order valence-electron chi connectivity index (χ1n) is 4.36. The van der Waals surface area contributed by atoms with Crippen molar-refractivity contribution in [1.82, 2.24) is 10.5 Å². The summed E-state index contributed by atoms with van der Waals surface area (Å²) in [5.41, 5.74) is 4.04. The zero-order valence-corrected chi connectivity index (χ0v) is 7.87. The highest BCUT2D eigenvalue weighted by atomic mass is 16.5. The largest absolute Gasteiger partial charge is 0.496 e. The van der Waals surface area contributed by atoms with Crippen molar-refractivity contribution in [3.05, 3.63) is 30.0 Å². The number of H-pyrrole nitrogens is 1. The second-order valence-electron chi connectivity index (χ2n) is 3.05. The van der Waals surface area contributed by atoms with Gasteiger partial charge >= 0.3 is 0 Å². The fraction of sp³-hybridized carbons (Fsp3) is 0.200. The third-order valence-electron chi connectivity index (χ3n) is 2.17. The highest BCUT2D eigenvalue weighted by Gasteiger charge is 2.04. The second kappa shape index (κ2) is 3.69. The molecule has 0 aliphatic heterocycles. The smallest absolute Gasteiger partial charge is 0.128 e. The second-order valence-corrected chi connectivity index (χ2v) is 3.05. The molecule has 2 aromatic rings. The Labute approximate surface area is 81.5 Å². The molecule has 4 nitrogen and oxygen atoms in total. The lowest BCUT2D eigenvalue weighted by Gasteiger charge is -1.99. The summed E-state index contributed by atoms with van der Waals surface area (Å²) in [6.07, 6.45) is 0. The zero-order chi connectivity index (χ0) is 9.97. The maximum absolute atomic E-state index is 8.57. The van der Waals surface area contributed by atoms with Gasteiger partial charge < -0.3 is 14.9 Å². The number of hydrogen-bond donors (Lipinski definition) is 3. The first-order chi connectivity index (χ1) is 6.85. The van der Waals surface area contributed by atoms with Crippen molar-refractivity contribution in [3.8, 4) is 5.75 Å². The maximum Gasteiger partial charge on any atom is 0.128 e. The first-order valence-corrected chi connectivity index (χ1v) is 4.36. The normalized spacial score (nSPS) is 10.7. The van der Waals surface area contributed by atoms with E-state index in [9.17, 15) is 0 Å². The lowest BCUT2D eigenvalue weighted by atomic mass is 10.2. The van der Waals surface area contributed by atoms with E-state index in [-0.39, 0.29) is 0 Å². The summed E-state index contributed by atoms with van der Waals surface area (Å²) in [6.45, 7) is 0.401. The number of rotatable bonds is 3. The quantitative estimate of drug-likeness (QED) is 0.648. The van der Waals surface area contributed by atoms with Crippen molar-refractivity contribution >= 4 is 10.9 Å². The SMILES string of the molecule is COc1cccc2[nH]c(CNO)cc12. The molecule has 3 N–H and O–H groups in total. The molecule has 2 rings (SSSR count). The van der Waals surface area contributed by atoms with Gasteiger partial charge in [-0.2, -0.15) is 5.48 Å². The van der Waals surface area contributed by atoms with Gasteiger partial charge in [0.05, 0.1) is 13.7 Å². The van der Waals surface area contributed by atoms with Gasteiger partial charge in [0.25, 0.3) is 0 Å². The number of fused-ring (bicyclic) bond motifs is 1. The third-order valence-corrected chi connectivity index (χ3v) is 2.17. The minimum atomic E-state index is 0.401. The van der Waals surface area contributed by atoms with Gasteiger partial charge in [-0.15, -0.1) is 0 Å². The van der Waals surface area contributed by atoms with Crippen molar-refractivity contribution < 1.29 is 9.94 Å². The first kappa shape index (κ1) is 9.05. The van der Waals surface area contributed by atoms with E-state index in [1.807, 2.05) is 24.3 Å². The molecule has 0 aliphatic carbocycles. The summed E-state index contributed by atoms with van der Waals surface area (Å²) in [6, 6.07) is 7.76. The Kier molecular flexibility index (Phi) is 2.39. The molecule has 1 heterocycles. The van der Waals surface area contributed by atoms with Gasteiger partial charge in [0.2, 0.25) is 0 Å². The Morgan fingerprint density at radius 1 is 1.50 bits per heavy atom. The van der Waals surface area contributed by atoms with Crippen LogP contribution < -0.4 is 10.2 Å². The molecule has 14 heavy (non-hydrogen) atoms. The van der Waals surface area contributed by atoms with Gasteiger partial charge in [-0.25, -0.2) is 0 Å². The van der Waals surface area contributed by atoms with Gasteiger partial charge in [-0.05, 0) is 18.2 Å². The van der Waals surface area contributed by atoms with E-state index < -0.39 is 0 Å². The molecule has 1 aromatic heterocycles. The number of benzene rings is 1. The van der Waals surface area contributed by atoms with Crippen LogP contribution >= 0.6 is 0 Å². The summed E-state index contributed by atoms with van der Waals surface area (Å²) in [5.74, 6) is 0.836. The van der Waals surface area contributed by atoms with Gasteiger partial charge in [0.1, 0.15) is 5.75 Å². The van der Waals surface area contributed by atoms with Gasteiger partial charge in [0, 0.05) is 16.6 Å². The van der Waals surface area contributed by atoms with Crippen LogP contribution in [0.3, 0.4) is 0 Å². The minimum absolute atomic E-state index is 0.401. The van der Waals surface area contributed by atoms with Crippen LogP contribution in [0, 0.1) is 0 Å². The third kappa shape index (κ3) is 1.45. The molecule has 0 aliphatic rings. The standard InChI is InChI=1S/C10H12N2O2/c1-14-10-4-2-3-9-8(10)5-7(12-9)6-11-13/h2-5,11-13H,6H2,1H3. The minimum Gasteiger partial charge on any atom is -0.496 e. The molecule has 0 atom stereocenters. The van der Waals surface area contributed by atoms with Crippen LogP contribution in [0.4, 0.5) is 0 Å². The summed E-state index contributed by atoms with van der Waals surface area (Å²) in [4.78, 5) is 3.17. The molecule has 0 radical (unpaired) electrons. The van der Waals surface area contributed by atoms with Gasteiger partial charge in [-0.1, -0.05) is 6.07 Å². The molecular formula is C10H12N2O2. The molecule has 0 saturated heterocycles. The Morgan fingerprint density at radius 3 is 3.07 bits per heavy atom. The van der Waals surface area contributed by atoms with Gasteiger partial charge in [-0.3, -0.25) is 0 Å². The van der Waals surface area contributed by atoms with E-state index in [0.29, 0.717) is 6.54 Å². The van der Waals surface area contributed by atoms with Crippen LogP contribution in [-0.4, -0.2) is 17.3 Å². The number of hydroxylamine groups is 1. The fourth-order valence-corrected chi connectivity index (χ4v) is 1.54. The molecule has 0 bridgehead atoms. The molecule has 0 unspecified atom stereocenters. The molecule has 0 saturated carbocycles. The van der Waals surface area contributed by atoms with Crippen LogP contribution in [0.5, 0.6) is 5.75 Å². The van der Waals surface area contributed by atoms with Crippen LogP contribution in [-0.2, 0) is 6.54 Å². The van der Waals surface area contributed by atoms with E-state index >= 15 is 0 Å². The van der Waals surface area contributed by atoms with Crippen molar-refractivity contribution in [2.75, 3.05) is 7.11 Å². The average molecular weight is 192 g/mol. The molecule has 1 aromatic carbocycles. The van der Waals surface area contributed by atoms with Gasteiger partial charge in [0.15, 0.2) is 0 Å². The van der Waals surface area contributed by atoms with E-state index in [4.69, 9.17) is 9.94 Å². The molecule has 74 valence electrons. The maximum atomic E-state index is 8.57.